The predicted octanol–water partition coefficient (Wildman–Crippen LogP) is 0.878. The number of hydrogen-bond acceptors (Lipinski definition) is 4. The van der Waals surface area contributed by atoms with E-state index in [0.717, 1.165) is 12.8 Å². The summed E-state index contributed by atoms with van der Waals surface area (Å²) < 4.78 is 5.50. The number of hydrogen-bond donors (Lipinski definition) is 1. The molecule has 0 radical (unpaired) electrons. The number of carbonyl (C=O) groups is 3. The molecule has 0 spiro atoms. The molecule has 122 valence electrons. The Balaban J connectivity index is 1.84. The number of anilines is 1. The zero-order valence-electron chi connectivity index (χ0n) is 12.6. The molecule has 1 aromatic carbocycles. The van der Waals surface area contributed by atoms with Crippen LogP contribution in [0.25, 0.3) is 0 Å². The second kappa shape index (κ2) is 6.28. The molecule has 2 amide bonds. The van der Waals surface area contributed by atoms with E-state index in [-0.39, 0.29) is 12.5 Å². The van der Waals surface area contributed by atoms with E-state index in [1.54, 1.807) is 29.2 Å². The van der Waals surface area contributed by atoms with Gasteiger partial charge in [-0.2, -0.15) is 0 Å². The Kier molecular flexibility index (Phi) is 4.18. The summed E-state index contributed by atoms with van der Waals surface area (Å²) in [4.78, 5) is 38.9. The largest absolute Gasteiger partial charge is 0.481 e. The summed E-state index contributed by atoms with van der Waals surface area (Å²) in [5, 5.41) is 8.95. The smallest absolute Gasteiger partial charge is 0.307 e. The quantitative estimate of drug-likeness (QED) is 0.890. The molecule has 1 fully saturated rings. The highest BCUT2D eigenvalue weighted by molar-refractivity contribution is 6.04. The molecule has 1 aromatic rings. The van der Waals surface area contributed by atoms with Crippen molar-refractivity contribution in [3.05, 3.63) is 24.3 Å². The fourth-order valence-corrected chi connectivity index (χ4v) is 2.93. The molecular weight excluding hydrogens is 300 g/mol. The molecule has 0 aliphatic carbocycles. The van der Waals surface area contributed by atoms with Gasteiger partial charge in [-0.1, -0.05) is 12.1 Å². The molecule has 1 saturated heterocycles. The fourth-order valence-electron chi connectivity index (χ4n) is 2.93. The second-order valence-electron chi connectivity index (χ2n) is 5.68. The monoisotopic (exact) mass is 318 g/mol. The Bertz CT molecular complexity index is 639. The van der Waals surface area contributed by atoms with Gasteiger partial charge in [0.15, 0.2) is 6.10 Å². The van der Waals surface area contributed by atoms with Gasteiger partial charge < -0.3 is 14.7 Å². The molecule has 3 rings (SSSR count). The Labute approximate surface area is 133 Å². The van der Waals surface area contributed by atoms with Gasteiger partial charge in [-0.25, -0.2) is 0 Å². The van der Waals surface area contributed by atoms with Gasteiger partial charge in [0.05, 0.1) is 12.1 Å². The molecule has 23 heavy (non-hydrogen) atoms. The fraction of sp³-hybridized carbons (Fsp3) is 0.438. The third kappa shape index (κ3) is 3.13. The summed E-state index contributed by atoms with van der Waals surface area (Å²) in [7, 11) is 0. The number of nitrogens with zero attached hydrogens (tertiary/aromatic N) is 2. The third-order valence-corrected chi connectivity index (χ3v) is 4.08. The van der Waals surface area contributed by atoms with E-state index in [9.17, 15) is 14.4 Å². The van der Waals surface area contributed by atoms with Gasteiger partial charge in [0.1, 0.15) is 12.3 Å². The third-order valence-electron chi connectivity index (χ3n) is 4.08. The average molecular weight is 318 g/mol. The molecule has 7 heteroatoms. The molecule has 7 nitrogen and oxygen atoms in total. The molecule has 2 aliphatic heterocycles. The molecule has 1 unspecified atom stereocenters. The Morgan fingerprint density at radius 3 is 2.61 bits per heavy atom. The minimum atomic E-state index is -1.12. The lowest BCUT2D eigenvalue weighted by Gasteiger charge is -2.34. The van der Waals surface area contributed by atoms with Crippen molar-refractivity contribution in [3.63, 3.8) is 0 Å². The van der Waals surface area contributed by atoms with Gasteiger partial charge in [0, 0.05) is 13.1 Å². The van der Waals surface area contributed by atoms with Crippen LogP contribution in [0.3, 0.4) is 0 Å². The zero-order valence-corrected chi connectivity index (χ0v) is 12.6. The lowest BCUT2D eigenvalue weighted by molar-refractivity contribution is -0.142. The highest BCUT2D eigenvalue weighted by atomic mass is 16.5. The van der Waals surface area contributed by atoms with E-state index in [4.69, 9.17) is 9.84 Å². The van der Waals surface area contributed by atoms with E-state index >= 15 is 0 Å². The van der Waals surface area contributed by atoms with Gasteiger partial charge >= 0.3 is 5.97 Å². The Morgan fingerprint density at radius 2 is 1.91 bits per heavy atom. The van der Waals surface area contributed by atoms with Crippen molar-refractivity contribution in [3.8, 4) is 5.75 Å². The average Bonchev–Trinajstić information content (AvgIpc) is 3.05. The van der Waals surface area contributed by atoms with Crippen molar-refractivity contribution in [2.45, 2.75) is 25.4 Å². The van der Waals surface area contributed by atoms with Crippen LogP contribution in [0.1, 0.15) is 19.3 Å². The number of fused-ring (bicyclic) bond motifs is 1. The molecule has 1 atom stereocenters. The number of ether oxygens (including phenoxy) is 1. The number of benzene rings is 1. The number of rotatable bonds is 4. The molecule has 0 saturated carbocycles. The molecule has 1 N–H and O–H groups in total. The van der Waals surface area contributed by atoms with E-state index in [2.05, 4.69) is 0 Å². The van der Waals surface area contributed by atoms with Crippen LogP contribution >= 0.6 is 0 Å². The van der Waals surface area contributed by atoms with Gasteiger partial charge in [-0.3, -0.25) is 19.3 Å². The summed E-state index contributed by atoms with van der Waals surface area (Å²) in [5.74, 6) is -1.30. The number of para-hydroxylation sites is 2. The first-order valence-electron chi connectivity index (χ1n) is 7.63. The summed E-state index contributed by atoms with van der Waals surface area (Å²) in [6, 6.07) is 6.86. The lowest BCUT2D eigenvalue weighted by atomic mass is 10.1. The van der Waals surface area contributed by atoms with Crippen LogP contribution in [0.4, 0.5) is 5.69 Å². The first-order chi connectivity index (χ1) is 11.1. The normalized spacial score (nSPS) is 20.2. The number of carboxylic acids is 1. The topological polar surface area (TPSA) is 87.2 Å². The number of carboxylic acid groups (broad SMARTS) is 1. The van der Waals surface area contributed by atoms with Gasteiger partial charge in [-0.15, -0.1) is 0 Å². The molecule has 2 heterocycles. The second-order valence-corrected chi connectivity index (χ2v) is 5.68. The minimum absolute atomic E-state index is 0.0880. The highest BCUT2D eigenvalue weighted by Crippen LogP contribution is 2.34. The summed E-state index contributed by atoms with van der Waals surface area (Å²) in [6.45, 7) is 1.32. The maximum atomic E-state index is 12.5. The summed E-state index contributed by atoms with van der Waals surface area (Å²) in [5.41, 5.74) is 0.506. The Hall–Kier alpha value is -2.57. The Morgan fingerprint density at radius 1 is 1.22 bits per heavy atom. The van der Waals surface area contributed by atoms with Crippen LogP contribution in [-0.2, 0) is 14.4 Å². The summed E-state index contributed by atoms with van der Waals surface area (Å²) in [6.07, 6.45) is 0.414. The van der Waals surface area contributed by atoms with Gasteiger partial charge in [-0.05, 0) is 25.0 Å². The van der Waals surface area contributed by atoms with Crippen LogP contribution in [-0.4, -0.2) is 53.5 Å². The van der Waals surface area contributed by atoms with E-state index in [1.165, 1.54) is 4.90 Å². The standard InChI is InChI=1S/C16H18N2O5/c19-14(17-7-3-4-8-17)10-18-11-5-1-2-6-12(11)23-13(16(18)22)9-15(20)21/h1-2,5-6,13H,3-4,7-10H2,(H,20,21). The van der Waals surface area contributed by atoms with Crippen LogP contribution in [0, 0.1) is 0 Å². The van der Waals surface area contributed by atoms with Gasteiger partial charge in [0.25, 0.3) is 5.91 Å². The maximum Gasteiger partial charge on any atom is 0.307 e. The maximum absolute atomic E-state index is 12.5. The van der Waals surface area contributed by atoms with Crippen molar-refractivity contribution in [1.29, 1.82) is 0 Å². The highest BCUT2D eigenvalue weighted by Gasteiger charge is 2.37. The van der Waals surface area contributed by atoms with Crippen LogP contribution in [0.2, 0.25) is 0 Å². The number of amides is 2. The van der Waals surface area contributed by atoms with Crippen LogP contribution < -0.4 is 9.64 Å². The minimum Gasteiger partial charge on any atom is -0.481 e. The van der Waals surface area contributed by atoms with Crippen molar-refractivity contribution in [2.75, 3.05) is 24.5 Å². The number of aliphatic carboxylic acids is 1. The zero-order chi connectivity index (χ0) is 16.4. The van der Waals surface area contributed by atoms with E-state index in [0.29, 0.717) is 24.5 Å². The van der Waals surface area contributed by atoms with E-state index in [1.807, 2.05) is 0 Å². The van der Waals surface area contributed by atoms with Crippen molar-refractivity contribution < 1.29 is 24.2 Å². The van der Waals surface area contributed by atoms with Crippen molar-refractivity contribution in [2.24, 2.45) is 0 Å². The SMILES string of the molecule is O=C(O)CC1Oc2ccccc2N(CC(=O)N2CCCC2)C1=O. The van der Waals surface area contributed by atoms with Crippen molar-refractivity contribution in [1.82, 2.24) is 4.90 Å². The molecule has 0 aromatic heterocycles. The number of carbonyl (C=O) groups excluding carboxylic acids is 2. The molecule has 2 aliphatic rings. The predicted molar refractivity (Wildman–Crippen MR) is 81.3 cm³/mol. The first kappa shape index (κ1) is 15.3. The number of likely N-dealkylation sites (tertiary alicyclic amines) is 1. The molecular formula is C16H18N2O5. The molecule has 0 bridgehead atoms. The van der Waals surface area contributed by atoms with Crippen molar-refractivity contribution >= 4 is 23.5 Å². The summed E-state index contributed by atoms with van der Waals surface area (Å²) >= 11 is 0. The first-order valence-corrected chi connectivity index (χ1v) is 7.63. The van der Waals surface area contributed by atoms with Gasteiger partial charge in [0.2, 0.25) is 5.91 Å². The van der Waals surface area contributed by atoms with E-state index < -0.39 is 24.4 Å². The van der Waals surface area contributed by atoms with Crippen LogP contribution in [0.15, 0.2) is 24.3 Å². The lowest BCUT2D eigenvalue weighted by Crippen LogP contribution is -2.50. The van der Waals surface area contributed by atoms with Crippen LogP contribution in [0.5, 0.6) is 5.75 Å².